The monoisotopic (exact) mass is 494 g/mol. The zero-order chi connectivity index (χ0) is 18.0. The second kappa shape index (κ2) is 11.6. The molecule has 0 bridgehead atoms. The van der Waals surface area contributed by atoms with Crippen molar-refractivity contribution in [2.75, 3.05) is 19.3 Å². The van der Waals surface area contributed by atoms with Crippen LogP contribution in [0.5, 0.6) is 0 Å². The lowest BCUT2D eigenvalue weighted by Gasteiger charge is -2.12. The molecule has 1 aromatic heterocycles. The van der Waals surface area contributed by atoms with Crippen LogP contribution in [0.3, 0.4) is 0 Å². The van der Waals surface area contributed by atoms with E-state index >= 15 is 0 Å². The summed E-state index contributed by atoms with van der Waals surface area (Å²) in [6, 6.07) is 18.6. The fraction of sp³-hybridized carbons (Fsp3) is 0.211. The normalized spacial score (nSPS) is 10.9. The van der Waals surface area contributed by atoms with Crippen molar-refractivity contribution in [1.82, 2.24) is 25.4 Å². The summed E-state index contributed by atoms with van der Waals surface area (Å²) in [5.74, 6) is 1.79. The number of aliphatic imine (C=N–C) groups is 1. The van der Waals surface area contributed by atoms with Gasteiger partial charge in [-0.3, -0.25) is 4.99 Å². The summed E-state index contributed by atoms with van der Waals surface area (Å²) in [7, 11) is 1.79. The molecule has 2 N–H and O–H groups in total. The van der Waals surface area contributed by atoms with Gasteiger partial charge < -0.3 is 10.6 Å². The average Bonchev–Trinajstić information content (AvgIpc) is 3.23. The Balaban J connectivity index is 0.00000261. The summed E-state index contributed by atoms with van der Waals surface area (Å²) in [6.45, 7) is 1.56. The summed E-state index contributed by atoms with van der Waals surface area (Å²) in [4.78, 5) is 9.51. The smallest absolute Gasteiger partial charge is 0.191 e. The Morgan fingerprint density at radius 3 is 2.52 bits per heavy atom. The van der Waals surface area contributed by atoms with Crippen molar-refractivity contribution in [1.29, 1.82) is 0 Å². The van der Waals surface area contributed by atoms with E-state index in [1.807, 2.05) is 30.0 Å². The Morgan fingerprint density at radius 2 is 1.85 bits per heavy atom. The van der Waals surface area contributed by atoms with Crippen LogP contribution in [0, 0.1) is 0 Å². The van der Waals surface area contributed by atoms with Crippen LogP contribution in [0.25, 0.3) is 5.69 Å². The van der Waals surface area contributed by atoms with Crippen molar-refractivity contribution in [3.8, 4) is 5.69 Å². The molecule has 142 valence electrons. The molecule has 3 rings (SSSR count). The van der Waals surface area contributed by atoms with E-state index < -0.39 is 0 Å². The van der Waals surface area contributed by atoms with E-state index in [4.69, 9.17) is 0 Å². The van der Waals surface area contributed by atoms with Gasteiger partial charge in [0.15, 0.2) is 5.96 Å². The highest BCUT2D eigenvalue weighted by Gasteiger charge is 2.00. The van der Waals surface area contributed by atoms with E-state index in [-0.39, 0.29) is 24.0 Å². The highest BCUT2D eigenvalue weighted by Crippen LogP contribution is 2.15. The standard InChI is InChI=1S/C19H22N6S.HI/c1-20-19(22-11-12-26-18-5-3-2-4-6-18)23-13-16-7-9-17(10-8-16)25-15-21-14-24-25;/h2-10,14-15H,11-13H2,1H3,(H2,20,22,23);1H. The molecule has 0 aliphatic rings. The van der Waals surface area contributed by atoms with Crippen LogP contribution in [0.1, 0.15) is 5.56 Å². The van der Waals surface area contributed by atoms with Crippen molar-refractivity contribution in [3.05, 3.63) is 72.8 Å². The van der Waals surface area contributed by atoms with Gasteiger partial charge in [-0.25, -0.2) is 9.67 Å². The molecule has 0 aliphatic carbocycles. The largest absolute Gasteiger partial charge is 0.356 e. The molecule has 0 unspecified atom stereocenters. The third-order valence-corrected chi connectivity index (χ3v) is 4.72. The van der Waals surface area contributed by atoms with E-state index in [2.05, 4.69) is 62.1 Å². The molecule has 0 amide bonds. The topological polar surface area (TPSA) is 67.1 Å². The Kier molecular flexibility index (Phi) is 9.12. The van der Waals surface area contributed by atoms with Crippen LogP contribution in [-0.2, 0) is 6.54 Å². The van der Waals surface area contributed by atoms with E-state index in [0.717, 1.165) is 23.9 Å². The van der Waals surface area contributed by atoms with E-state index in [1.165, 1.54) is 16.8 Å². The second-order valence-electron chi connectivity index (χ2n) is 5.52. The average molecular weight is 494 g/mol. The number of hydrogen-bond donors (Lipinski definition) is 2. The van der Waals surface area contributed by atoms with Gasteiger partial charge in [-0.1, -0.05) is 30.3 Å². The maximum absolute atomic E-state index is 4.27. The first kappa shape index (κ1) is 21.2. The number of nitrogens with zero attached hydrogens (tertiary/aromatic N) is 4. The Bertz CT molecular complexity index is 806. The number of halogens is 1. The predicted octanol–water partition coefficient (Wildman–Crippen LogP) is 3.34. The number of nitrogens with one attached hydrogen (secondary N) is 2. The number of benzene rings is 2. The number of rotatable bonds is 7. The molecule has 6 nitrogen and oxygen atoms in total. The molecular formula is C19H23IN6S. The van der Waals surface area contributed by atoms with E-state index in [9.17, 15) is 0 Å². The van der Waals surface area contributed by atoms with Crippen molar-refractivity contribution < 1.29 is 0 Å². The highest BCUT2D eigenvalue weighted by atomic mass is 127. The molecule has 1 heterocycles. The van der Waals surface area contributed by atoms with Crippen LogP contribution < -0.4 is 10.6 Å². The second-order valence-corrected chi connectivity index (χ2v) is 6.69. The lowest BCUT2D eigenvalue weighted by Crippen LogP contribution is -2.37. The zero-order valence-corrected chi connectivity index (χ0v) is 18.2. The summed E-state index contributed by atoms with van der Waals surface area (Å²) in [5, 5.41) is 10.8. The molecule has 2 aromatic carbocycles. The van der Waals surface area contributed by atoms with Gasteiger partial charge in [-0.2, -0.15) is 5.10 Å². The Labute approximate surface area is 180 Å². The predicted molar refractivity (Wildman–Crippen MR) is 122 cm³/mol. The molecule has 0 saturated carbocycles. The van der Waals surface area contributed by atoms with Crippen molar-refractivity contribution in [2.45, 2.75) is 11.4 Å². The maximum Gasteiger partial charge on any atom is 0.191 e. The van der Waals surface area contributed by atoms with Gasteiger partial charge in [-0.05, 0) is 29.8 Å². The van der Waals surface area contributed by atoms with Crippen molar-refractivity contribution in [3.63, 3.8) is 0 Å². The van der Waals surface area contributed by atoms with Gasteiger partial charge in [0.1, 0.15) is 12.7 Å². The number of thioether (sulfide) groups is 1. The van der Waals surface area contributed by atoms with E-state index in [1.54, 1.807) is 18.1 Å². The third-order valence-electron chi connectivity index (χ3n) is 3.71. The fourth-order valence-corrected chi connectivity index (χ4v) is 3.16. The summed E-state index contributed by atoms with van der Waals surface area (Å²) in [5.41, 5.74) is 2.17. The van der Waals surface area contributed by atoms with Gasteiger partial charge >= 0.3 is 0 Å². The molecule has 0 radical (unpaired) electrons. The SMILES string of the molecule is CN=C(NCCSc1ccccc1)NCc1ccc(-n2cncn2)cc1.I. The highest BCUT2D eigenvalue weighted by molar-refractivity contribution is 14.0. The van der Waals surface area contributed by atoms with Gasteiger partial charge in [0.05, 0.1) is 5.69 Å². The van der Waals surface area contributed by atoms with Gasteiger partial charge in [-0.15, -0.1) is 35.7 Å². The van der Waals surface area contributed by atoms with Gasteiger partial charge in [0.2, 0.25) is 0 Å². The Morgan fingerprint density at radius 1 is 1.07 bits per heavy atom. The fourth-order valence-electron chi connectivity index (χ4n) is 2.37. The number of guanidine groups is 1. The molecule has 0 aliphatic heterocycles. The van der Waals surface area contributed by atoms with Gasteiger partial charge in [0, 0.05) is 30.8 Å². The summed E-state index contributed by atoms with van der Waals surface area (Å²) in [6.07, 6.45) is 3.22. The first-order chi connectivity index (χ1) is 12.8. The van der Waals surface area contributed by atoms with Crippen molar-refractivity contribution >= 4 is 41.7 Å². The van der Waals surface area contributed by atoms with Crippen molar-refractivity contribution in [2.24, 2.45) is 4.99 Å². The minimum atomic E-state index is 0. The maximum atomic E-state index is 4.27. The molecule has 0 fully saturated rings. The number of aromatic nitrogens is 3. The lowest BCUT2D eigenvalue weighted by molar-refractivity contribution is 0.830. The first-order valence-corrected chi connectivity index (χ1v) is 9.40. The molecule has 3 aromatic rings. The van der Waals surface area contributed by atoms with Crippen LogP contribution in [-0.4, -0.2) is 40.1 Å². The molecule has 8 heteroatoms. The summed E-state index contributed by atoms with van der Waals surface area (Å²) < 4.78 is 1.74. The minimum absolute atomic E-state index is 0. The molecule has 0 atom stereocenters. The van der Waals surface area contributed by atoms with Crippen LogP contribution in [0.15, 0.2) is 77.1 Å². The number of hydrogen-bond acceptors (Lipinski definition) is 4. The molecule has 0 saturated heterocycles. The molecular weight excluding hydrogens is 471 g/mol. The van der Waals surface area contributed by atoms with E-state index in [0.29, 0.717) is 6.54 Å². The summed E-state index contributed by atoms with van der Waals surface area (Å²) >= 11 is 1.83. The Hall–Kier alpha value is -2.07. The van der Waals surface area contributed by atoms with Gasteiger partial charge in [0.25, 0.3) is 0 Å². The van der Waals surface area contributed by atoms with Crippen LogP contribution in [0.2, 0.25) is 0 Å². The third kappa shape index (κ3) is 6.87. The van der Waals surface area contributed by atoms with Crippen LogP contribution >= 0.6 is 35.7 Å². The lowest BCUT2D eigenvalue weighted by atomic mass is 10.2. The minimum Gasteiger partial charge on any atom is -0.356 e. The zero-order valence-electron chi connectivity index (χ0n) is 15.1. The first-order valence-electron chi connectivity index (χ1n) is 8.41. The quantitative estimate of drug-likeness (QED) is 0.174. The van der Waals surface area contributed by atoms with Crippen LogP contribution in [0.4, 0.5) is 0 Å². The molecule has 27 heavy (non-hydrogen) atoms. The molecule has 0 spiro atoms.